The van der Waals surface area contributed by atoms with Gasteiger partial charge in [-0.3, -0.25) is 0 Å². The van der Waals surface area contributed by atoms with Gasteiger partial charge in [0.05, 0.1) is 5.69 Å². The van der Waals surface area contributed by atoms with Crippen molar-refractivity contribution in [3.63, 3.8) is 0 Å². The van der Waals surface area contributed by atoms with Crippen LogP contribution in [0.4, 0.5) is 5.69 Å². The van der Waals surface area contributed by atoms with Crippen LogP contribution in [0.2, 0.25) is 0 Å². The van der Waals surface area contributed by atoms with Crippen molar-refractivity contribution in [2.45, 2.75) is 13.0 Å². The molecule has 0 heterocycles. The second kappa shape index (κ2) is 5.13. The van der Waals surface area contributed by atoms with Gasteiger partial charge in [0.25, 0.3) is 0 Å². The molecule has 6 heteroatoms. The van der Waals surface area contributed by atoms with Crippen LogP contribution in [0, 0.1) is 0 Å². The van der Waals surface area contributed by atoms with Gasteiger partial charge in [-0.15, -0.1) is 0 Å². The van der Waals surface area contributed by atoms with Gasteiger partial charge in [0.1, 0.15) is 11.8 Å². The lowest BCUT2D eigenvalue weighted by Gasteiger charge is -2.06. The van der Waals surface area contributed by atoms with Crippen LogP contribution in [-0.4, -0.2) is 18.0 Å². The molecule has 1 atom stereocenters. The number of esters is 1. The Kier molecular flexibility index (Phi) is 3.84. The lowest BCUT2D eigenvalue weighted by molar-refractivity contribution is -0.135. The van der Waals surface area contributed by atoms with Crippen LogP contribution in [-0.2, 0) is 4.79 Å². The fraction of sp³-hybridized carbons (Fsp3) is 0.200. The third-order valence-corrected chi connectivity index (χ3v) is 1.69. The molecule has 0 aliphatic rings. The summed E-state index contributed by atoms with van der Waals surface area (Å²) in [6.45, 7) is 1.55. The Morgan fingerprint density at radius 1 is 1.31 bits per heavy atom. The number of hydrogen-bond donors (Lipinski definition) is 3. The maximum atomic E-state index is 11.2. The molecular formula is C10H14N4O2. The first-order chi connectivity index (χ1) is 7.49. The average Bonchev–Trinajstić information content (AvgIpc) is 2.20. The maximum Gasteiger partial charge on any atom is 0.328 e. The molecule has 0 aliphatic carbocycles. The first kappa shape index (κ1) is 12.0. The number of nitrogens with two attached hydrogens (primary N) is 3. The number of rotatable bonds is 3. The van der Waals surface area contributed by atoms with Gasteiger partial charge in [-0.2, -0.15) is 0 Å². The number of aliphatic imine (C=N–C) groups is 1. The number of ether oxygens (including phenoxy) is 1. The highest BCUT2D eigenvalue weighted by Gasteiger charge is 2.09. The molecule has 0 saturated carbocycles. The van der Waals surface area contributed by atoms with Gasteiger partial charge in [-0.1, -0.05) is 0 Å². The number of hydrogen-bond acceptors (Lipinski definition) is 4. The number of benzene rings is 1. The fourth-order valence-corrected chi connectivity index (χ4v) is 0.947. The highest BCUT2D eigenvalue weighted by atomic mass is 16.5. The SMILES string of the molecule is C[C@H](N)C(=O)Oc1ccc(N=C(N)N)cc1. The van der Waals surface area contributed by atoms with Gasteiger partial charge in [0, 0.05) is 0 Å². The van der Waals surface area contributed by atoms with Crippen LogP contribution in [0.1, 0.15) is 6.92 Å². The van der Waals surface area contributed by atoms with Crippen LogP contribution in [0.25, 0.3) is 0 Å². The highest BCUT2D eigenvalue weighted by molar-refractivity contribution is 5.79. The molecule has 1 aromatic rings. The van der Waals surface area contributed by atoms with Crippen LogP contribution in [0.3, 0.4) is 0 Å². The maximum absolute atomic E-state index is 11.2. The predicted molar refractivity (Wildman–Crippen MR) is 61.2 cm³/mol. The second-order valence-electron chi connectivity index (χ2n) is 3.24. The van der Waals surface area contributed by atoms with Crippen LogP contribution >= 0.6 is 0 Å². The van der Waals surface area contributed by atoms with E-state index in [1.165, 1.54) is 0 Å². The molecule has 1 rings (SSSR count). The van der Waals surface area contributed by atoms with E-state index in [1.54, 1.807) is 31.2 Å². The van der Waals surface area contributed by atoms with Crippen molar-refractivity contribution >= 4 is 17.6 Å². The van der Waals surface area contributed by atoms with E-state index in [0.717, 1.165) is 0 Å². The van der Waals surface area contributed by atoms with Gasteiger partial charge >= 0.3 is 5.97 Å². The number of carbonyl (C=O) groups excluding carboxylic acids is 1. The van der Waals surface area contributed by atoms with Crippen molar-refractivity contribution < 1.29 is 9.53 Å². The number of guanidine groups is 1. The van der Waals surface area contributed by atoms with Crippen LogP contribution in [0.15, 0.2) is 29.3 Å². The summed E-state index contributed by atoms with van der Waals surface area (Å²) < 4.78 is 4.96. The van der Waals surface area contributed by atoms with Crippen molar-refractivity contribution in [1.29, 1.82) is 0 Å². The zero-order valence-corrected chi connectivity index (χ0v) is 8.88. The molecule has 0 bridgehead atoms. The van der Waals surface area contributed by atoms with Gasteiger partial charge in [-0.25, -0.2) is 9.79 Å². The monoisotopic (exact) mass is 222 g/mol. The lowest BCUT2D eigenvalue weighted by Crippen LogP contribution is -2.30. The van der Waals surface area contributed by atoms with E-state index >= 15 is 0 Å². The molecule has 6 N–H and O–H groups in total. The summed E-state index contributed by atoms with van der Waals surface area (Å²) in [6, 6.07) is 5.77. The number of carbonyl (C=O) groups is 1. The first-order valence-electron chi connectivity index (χ1n) is 4.66. The third-order valence-electron chi connectivity index (χ3n) is 1.69. The Balaban J connectivity index is 2.72. The molecule has 6 nitrogen and oxygen atoms in total. The molecule has 0 amide bonds. The summed E-state index contributed by atoms with van der Waals surface area (Å²) in [5, 5.41) is 0. The summed E-state index contributed by atoms with van der Waals surface area (Å²) in [5.74, 6) is -0.119. The van der Waals surface area contributed by atoms with E-state index < -0.39 is 12.0 Å². The van der Waals surface area contributed by atoms with Crippen molar-refractivity contribution in [2.24, 2.45) is 22.2 Å². The van der Waals surface area contributed by atoms with Crippen molar-refractivity contribution in [3.05, 3.63) is 24.3 Å². The van der Waals surface area contributed by atoms with Crippen LogP contribution < -0.4 is 21.9 Å². The molecule has 0 fully saturated rings. The Morgan fingerprint density at radius 3 is 2.31 bits per heavy atom. The molecule has 16 heavy (non-hydrogen) atoms. The first-order valence-corrected chi connectivity index (χ1v) is 4.66. The van der Waals surface area contributed by atoms with E-state index in [2.05, 4.69) is 4.99 Å². The molecule has 0 spiro atoms. The quantitative estimate of drug-likeness (QED) is 0.284. The molecule has 0 aromatic heterocycles. The van der Waals surface area contributed by atoms with Gasteiger partial charge < -0.3 is 21.9 Å². The summed E-state index contributed by atoms with van der Waals surface area (Å²) in [6.07, 6.45) is 0. The summed E-state index contributed by atoms with van der Waals surface area (Å²) in [7, 11) is 0. The Labute approximate surface area is 93.1 Å². The molecule has 0 radical (unpaired) electrons. The number of nitrogens with zero attached hydrogens (tertiary/aromatic N) is 1. The summed E-state index contributed by atoms with van der Waals surface area (Å²) >= 11 is 0. The fourth-order valence-electron chi connectivity index (χ4n) is 0.947. The van der Waals surface area contributed by atoms with E-state index in [1.807, 2.05) is 0 Å². The average molecular weight is 222 g/mol. The smallest absolute Gasteiger partial charge is 0.328 e. The molecule has 86 valence electrons. The highest BCUT2D eigenvalue weighted by Crippen LogP contribution is 2.18. The third kappa shape index (κ3) is 3.58. The van der Waals surface area contributed by atoms with Crippen molar-refractivity contribution in [3.8, 4) is 5.75 Å². The molecule has 0 saturated heterocycles. The minimum Gasteiger partial charge on any atom is -0.425 e. The zero-order valence-electron chi connectivity index (χ0n) is 8.88. The molecule has 0 unspecified atom stereocenters. The Hall–Kier alpha value is -2.08. The molecule has 1 aromatic carbocycles. The molecular weight excluding hydrogens is 208 g/mol. The minimum atomic E-state index is -0.655. The zero-order chi connectivity index (χ0) is 12.1. The van der Waals surface area contributed by atoms with Crippen molar-refractivity contribution in [2.75, 3.05) is 0 Å². The Morgan fingerprint density at radius 2 is 1.88 bits per heavy atom. The summed E-state index contributed by atoms with van der Waals surface area (Å²) in [5.41, 5.74) is 16.4. The lowest BCUT2D eigenvalue weighted by atomic mass is 10.3. The predicted octanol–water partition coefficient (Wildman–Crippen LogP) is -0.156. The minimum absolute atomic E-state index is 0.0275. The van der Waals surface area contributed by atoms with E-state index in [9.17, 15) is 4.79 Å². The largest absolute Gasteiger partial charge is 0.425 e. The van der Waals surface area contributed by atoms with Gasteiger partial charge in [0.2, 0.25) is 0 Å². The normalized spacial score (nSPS) is 11.6. The summed E-state index contributed by atoms with van der Waals surface area (Å²) in [4.78, 5) is 15.0. The molecule has 0 aliphatic heterocycles. The second-order valence-corrected chi connectivity index (χ2v) is 3.24. The van der Waals surface area contributed by atoms with Crippen LogP contribution in [0.5, 0.6) is 5.75 Å². The van der Waals surface area contributed by atoms with Gasteiger partial charge in [0.15, 0.2) is 5.96 Å². The van der Waals surface area contributed by atoms with Crippen molar-refractivity contribution in [1.82, 2.24) is 0 Å². The standard InChI is InChI=1S/C10H14N4O2/c1-6(11)9(15)16-8-4-2-7(3-5-8)14-10(12)13/h2-6H,11H2,1H3,(H4,12,13,14)/t6-/m0/s1. The Bertz CT molecular complexity index is 394. The topological polar surface area (TPSA) is 117 Å². The van der Waals surface area contributed by atoms with E-state index in [0.29, 0.717) is 11.4 Å². The van der Waals surface area contributed by atoms with E-state index in [4.69, 9.17) is 21.9 Å². The van der Waals surface area contributed by atoms with E-state index in [-0.39, 0.29) is 5.96 Å². The van der Waals surface area contributed by atoms with Gasteiger partial charge in [-0.05, 0) is 31.2 Å².